The van der Waals surface area contributed by atoms with Gasteiger partial charge in [-0.3, -0.25) is 15.1 Å². The number of amidine groups is 1. The minimum atomic E-state index is -0.681. The maximum Gasteiger partial charge on any atom is 0.329 e. The molecule has 2 aromatic rings. The van der Waals surface area contributed by atoms with Crippen molar-refractivity contribution in [1.29, 1.82) is 0 Å². The van der Waals surface area contributed by atoms with Crippen LogP contribution < -0.4 is 5.32 Å². The summed E-state index contributed by atoms with van der Waals surface area (Å²) in [4.78, 5) is 28.7. The average molecular weight is 452 g/mol. The van der Waals surface area contributed by atoms with Crippen molar-refractivity contribution in [1.82, 2.24) is 29.4 Å². The number of imidazole rings is 1. The number of carbonyl (C=O) groups is 1. The molecule has 2 atom stereocenters. The molecule has 0 radical (unpaired) electrons. The Kier molecular flexibility index (Phi) is 5.09. The third kappa shape index (κ3) is 3.88. The van der Waals surface area contributed by atoms with E-state index in [0.29, 0.717) is 31.2 Å². The molecule has 2 fully saturated rings. The summed E-state index contributed by atoms with van der Waals surface area (Å²) in [5.41, 5.74) is 2.00. The van der Waals surface area contributed by atoms with Gasteiger partial charge in [0, 0.05) is 50.2 Å². The largest absolute Gasteiger partial charge is 0.353 e. The number of nitrogens with zero attached hydrogens (tertiary/aromatic N) is 6. The average Bonchev–Trinajstić information content (AvgIpc) is 3.50. The van der Waals surface area contributed by atoms with Crippen LogP contribution in [0.5, 0.6) is 0 Å². The highest BCUT2D eigenvalue weighted by Gasteiger charge is 2.40. The Morgan fingerprint density at radius 2 is 2.03 bits per heavy atom. The molecule has 1 aliphatic carbocycles. The van der Waals surface area contributed by atoms with Crippen LogP contribution in [0, 0.1) is 11.8 Å². The van der Waals surface area contributed by atoms with E-state index in [-0.39, 0.29) is 18.0 Å². The normalized spacial score (nSPS) is 30.4. The van der Waals surface area contributed by atoms with E-state index >= 15 is 0 Å². The number of aromatic nitrogens is 2. The summed E-state index contributed by atoms with van der Waals surface area (Å²) in [5, 5.41) is 3.06. The molecule has 9 heteroatoms. The molecule has 0 bridgehead atoms. The van der Waals surface area contributed by atoms with E-state index in [2.05, 4.69) is 28.2 Å². The Hall–Kier alpha value is -2.94. The number of pyridine rings is 1. The highest BCUT2D eigenvalue weighted by Crippen LogP contribution is 2.32. The molecular formula is C24H30FN7O. The van der Waals surface area contributed by atoms with Crippen LogP contribution in [0.2, 0.25) is 0 Å². The lowest BCUT2D eigenvalue weighted by Gasteiger charge is -2.33. The molecule has 1 N–H and O–H groups in total. The van der Waals surface area contributed by atoms with Crippen LogP contribution in [0.4, 0.5) is 9.18 Å². The lowest BCUT2D eigenvalue weighted by Crippen LogP contribution is -2.50. The van der Waals surface area contributed by atoms with Crippen molar-refractivity contribution in [3.63, 3.8) is 0 Å². The van der Waals surface area contributed by atoms with Crippen molar-refractivity contribution < 1.29 is 9.18 Å². The van der Waals surface area contributed by atoms with Crippen molar-refractivity contribution in [3.8, 4) is 0 Å². The lowest BCUT2D eigenvalue weighted by molar-refractivity contribution is 0.138. The van der Waals surface area contributed by atoms with Gasteiger partial charge in [0.05, 0.1) is 5.69 Å². The van der Waals surface area contributed by atoms with Crippen molar-refractivity contribution >= 4 is 17.5 Å². The number of fused-ring (bicyclic) bond motifs is 2. The smallest absolute Gasteiger partial charge is 0.329 e. The summed E-state index contributed by atoms with van der Waals surface area (Å²) in [5.74, 6) is 2.03. The van der Waals surface area contributed by atoms with Gasteiger partial charge in [-0.25, -0.2) is 19.2 Å². The van der Waals surface area contributed by atoms with E-state index in [4.69, 9.17) is 9.98 Å². The predicted octanol–water partition coefficient (Wildman–Crippen LogP) is 3.18. The molecule has 2 aromatic heterocycles. The number of likely N-dealkylation sites (tertiary alicyclic amines) is 1. The zero-order chi connectivity index (χ0) is 22.5. The number of nitrogens with one attached hydrogen (secondary N) is 1. The van der Waals surface area contributed by atoms with E-state index in [1.54, 1.807) is 4.90 Å². The van der Waals surface area contributed by atoms with Crippen LogP contribution in [0.3, 0.4) is 0 Å². The number of halogens is 1. The third-order valence-electron chi connectivity index (χ3n) is 7.51. The molecule has 4 aliphatic rings. The Morgan fingerprint density at radius 3 is 2.85 bits per heavy atom. The molecule has 2 amide bonds. The van der Waals surface area contributed by atoms with Crippen molar-refractivity contribution in [2.24, 2.45) is 16.8 Å². The molecule has 0 aromatic carbocycles. The minimum absolute atomic E-state index is 0.112. The number of aliphatic imine (C=N–C) groups is 1. The number of hydrogen-bond acceptors (Lipinski definition) is 5. The van der Waals surface area contributed by atoms with E-state index in [9.17, 15) is 9.18 Å². The first-order valence-electron chi connectivity index (χ1n) is 12.0. The first kappa shape index (κ1) is 20.7. The minimum Gasteiger partial charge on any atom is -0.353 e. The molecule has 0 spiro atoms. The van der Waals surface area contributed by atoms with Gasteiger partial charge >= 0.3 is 6.03 Å². The SMILES string of the molecule is CC1CN(Cc2cn3ccccc3n2)CC1C1=NC2=CN(C3CCC(F)CC3)CN2C(=O)N1. The van der Waals surface area contributed by atoms with Gasteiger partial charge < -0.3 is 9.30 Å². The molecule has 5 heterocycles. The van der Waals surface area contributed by atoms with E-state index in [0.717, 1.165) is 49.7 Å². The summed E-state index contributed by atoms with van der Waals surface area (Å²) < 4.78 is 15.6. The fraction of sp³-hybridized carbons (Fsp3) is 0.542. The molecule has 174 valence electrons. The predicted molar refractivity (Wildman–Crippen MR) is 123 cm³/mol. The topological polar surface area (TPSA) is 68.5 Å². The lowest BCUT2D eigenvalue weighted by atomic mass is 9.93. The van der Waals surface area contributed by atoms with E-state index in [1.165, 1.54) is 0 Å². The van der Waals surface area contributed by atoms with Gasteiger partial charge in [-0.2, -0.15) is 0 Å². The summed E-state index contributed by atoms with van der Waals surface area (Å²) in [6.45, 7) is 5.28. The molecular weight excluding hydrogens is 421 g/mol. The van der Waals surface area contributed by atoms with Gasteiger partial charge in [0.2, 0.25) is 0 Å². The number of rotatable bonds is 4. The summed E-state index contributed by atoms with van der Waals surface area (Å²) in [6, 6.07) is 6.19. The maximum absolute atomic E-state index is 13.5. The van der Waals surface area contributed by atoms with Crippen LogP contribution in [0.25, 0.3) is 5.65 Å². The molecule has 1 saturated heterocycles. The van der Waals surface area contributed by atoms with Crippen LogP contribution >= 0.6 is 0 Å². The van der Waals surface area contributed by atoms with Crippen molar-refractivity contribution in [2.45, 2.75) is 51.4 Å². The Balaban J connectivity index is 1.16. The first-order chi connectivity index (χ1) is 16.0. The second kappa shape index (κ2) is 8.13. The highest BCUT2D eigenvalue weighted by atomic mass is 19.1. The van der Waals surface area contributed by atoms with Gasteiger partial charge in [0.25, 0.3) is 0 Å². The zero-order valence-electron chi connectivity index (χ0n) is 18.9. The number of carbonyl (C=O) groups excluding carboxylic acids is 1. The van der Waals surface area contributed by atoms with Gasteiger partial charge in [-0.05, 0) is 43.7 Å². The Bertz CT molecular complexity index is 1090. The molecule has 1 saturated carbocycles. The summed E-state index contributed by atoms with van der Waals surface area (Å²) in [7, 11) is 0. The molecule has 33 heavy (non-hydrogen) atoms. The Labute approximate surface area is 192 Å². The first-order valence-corrected chi connectivity index (χ1v) is 12.0. The van der Waals surface area contributed by atoms with Crippen LogP contribution in [-0.2, 0) is 6.54 Å². The fourth-order valence-corrected chi connectivity index (χ4v) is 5.69. The van der Waals surface area contributed by atoms with Crippen molar-refractivity contribution in [2.75, 3.05) is 19.8 Å². The number of urea groups is 1. The van der Waals surface area contributed by atoms with E-state index in [1.807, 2.05) is 35.0 Å². The summed E-state index contributed by atoms with van der Waals surface area (Å²) in [6.07, 6.45) is 8.28. The van der Waals surface area contributed by atoms with E-state index < -0.39 is 6.17 Å². The number of alkyl halides is 1. The molecule has 3 aliphatic heterocycles. The molecule has 2 unspecified atom stereocenters. The third-order valence-corrected chi connectivity index (χ3v) is 7.51. The highest BCUT2D eigenvalue weighted by molar-refractivity contribution is 6.02. The van der Waals surface area contributed by atoms with Gasteiger partial charge in [-0.1, -0.05) is 13.0 Å². The quantitative estimate of drug-likeness (QED) is 0.775. The number of amides is 2. The second-order valence-electron chi connectivity index (χ2n) is 9.88. The second-order valence-corrected chi connectivity index (χ2v) is 9.88. The molecule has 6 rings (SSSR count). The fourth-order valence-electron chi connectivity index (χ4n) is 5.69. The van der Waals surface area contributed by atoms with Crippen LogP contribution in [0.15, 0.2) is 47.6 Å². The number of hydrogen-bond donors (Lipinski definition) is 1. The summed E-state index contributed by atoms with van der Waals surface area (Å²) >= 11 is 0. The van der Waals surface area contributed by atoms with Crippen LogP contribution in [0.1, 0.15) is 38.3 Å². The maximum atomic E-state index is 13.5. The Morgan fingerprint density at radius 1 is 1.18 bits per heavy atom. The van der Waals surface area contributed by atoms with Gasteiger partial charge in [0.15, 0.2) is 5.82 Å². The molecule has 8 nitrogen and oxygen atoms in total. The van der Waals surface area contributed by atoms with Gasteiger partial charge in [0.1, 0.15) is 24.3 Å². The van der Waals surface area contributed by atoms with Gasteiger partial charge in [-0.15, -0.1) is 0 Å². The van der Waals surface area contributed by atoms with Crippen LogP contribution in [-0.4, -0.2) is 67.9 Å². The standard InChI is InChI=1S/C24H30FN7O/c1-16-10-29(11-18-12-30-9-3-2-4-21(30)26-18)13-20(16)23-27-22-14-31(15-32(22)24(33)28-23)19-7-5-17(25)6-8-19/h2-4,9,12,14,16-17,19-20H,5-8,10-11,13,15H2,1H3,(H,27,28,33). The van der Waals surface area contributed by atoms with Crippen molar-refractivity contribution in [3.05, 3.63) is 48.3 Å². The zero-order valence-corrected chi connectivity index (χ0v) is 18.9. The monoisotopic (exact) mass is 451 g/mol.